The first-order valence-corrected chi connectivity index (χ1v) is 9.94. The van der Waals surface area contributed by atoms with Gasteiger partial charge in [-0.05, 0) is 56.6 Å². The van der Waals surface area contributed by atoms with Gasteiger partial charge < -0.3 is 19.7 Å². The lowest BCUT2D eigenvalue weighted by Crippen LogP contribution is -2.41. The molecule has 0 bridgehead atoms. The third-order valence-electron chi connectivity index (χ3n) is 5.78. The van der Waals surface area contributed by atoms with Crippen molar-refractivity contribution in [3.63, 3.8) is 0 Å². The molecule has 0 saturated carbocycles. The minimum absolute atomic E-state index is 0.0453. The smallest absolute Gasteiger partial charge is 0.235 e. The summed E-state index contributed by atoms with van der Waals surface area (Å²) < 4.78 is 10.7. The minimum Gasteiger partial charge on any atom is -0.493 e. The quantitative estimate of drug-likeness (QED) is 0.818. The summed E-state index contributed by atoms with van der Waals surface area (Å²) in [6.07, 6.45) is 2.65. The van der Waals surface area contributed by atoms with Crippen molar-refractivity contribution in [1.29, 1.82) is 0 Å². The average molecular weight is 383 g/mol. The first-order valence-electron chi connectivity index (χ1n) is 9.94. The van der Waals surface area contributed by atoms with E-state index < -0.39 is 5.41 Å². The topological polar surface area (TPSA) is 50.8 Å². The van der Waals surface area contributed by atoms with E-state index in [1.165, 1.54) is 0 Å². The highest BCUT2D eigenvalue weighted by atomic mass is 16.5. The van der Waals surface area contributed by atoms with E-state index in [0.29, 0.717) is 11.5 Å². The second kappa shape index (κ2) is 9.11. The fourth-order valence-corrected chi connectivity index (χ4v) is 4.08. The van der Waals surface area contributed by atoms with E-state index in [9.17, 15) is 4.79 Å². The van der Waals surface area contributed by atoms with Gasteiger partial charge in [-0.1, -0.05) is 37.3 Å². The zero-order valence-corrected chi connectivity index (χ0v) is 17.0. The Bertz CT molecular complexity index is 794. The molecule has 0 spiro atoms. The van der Waals surface area contributed by atoms with E-state index in [2.05, 4.69) is 29.3 Å². The number of carbonyl (C=O) groups is 1. The summed E-state index contributed by atoms with van der Waals surface area (Å²) in [6, 6.07) is 15.7. The number of hydrogen-bond donors (Lipinski definition) is 1. The van der Waals surface area contributed by atoms with Crippen LogP contribution in [0.1, 0.15) is 31.7 Å². The van der Waals surface area contributed by atoms with Gasteiger partial charge in [0.2, 0.25) is 5.91 Å². The number of nitrogens with one attached hydrogen (secondary N) is 1. The third-order valence-corrected chi connectivity index (χ3v) is 5.78. The number of likely N-dealkylation sites (tertiary alicyclic amines) is 1. The van der Waals surface area contributed by atoms with Gasteiger partial charge >= 0.3 is 0 Å². The summed E-state index contributed by atoms with van der Waals surface area (Å²) in [4.78, 5) is 16.0. The van der Waals surface area contributed by atoms with Crippen molar-refractivity contribution >= 4 is 11.6 Å². The van der Waals surface area contributed by atoms with Crippen LogP contribution in [0.25, 0.3) is 0 Å². The second-order valence-corrected chi connectivity index (χ2v) is 7.26. The van der Waals surface area contributed by atoms with E-state index in [1.807, 2.05) is 36.4 Å². The Morgan fingerprint density at radius 2 is 1.79 bits per heavy atom. The molecule has 5 heteroatoms. The molecule has 1 unspecified atom stereocenters. The standard InChI is InChI=1S/C23H30N2O3/c1-4-25-15-8-13-23(14-16-25,18-9-6-5-7-10-18)22(26)24-19-11-12-20(27-2)21(17-19)28-3/h5-7,9-12,17H,4,8,13-16H2,1-3H3,(H,24,26). The van der Waals surface area contributed by atoms with Crippen LogP contribution in [0.2, 0.25) is 0 Å². The molecule has 150 valence electrons. The molecule has 0 radical (unpaired) electrons. The van der Waals surface area contributed by atoms with Crippen LogP contribution < -0.4 is 14.8 Å². The van der Waals surface area contributed by atoms with Crippen molar-refractivity contribution in [2.75, 3.05) is 39.2 Å². The summed E-state index contributed by atoms with van der Waals surface area (Å²) >= 11 is 0. The maximum atomic E-state index is 13.6. The molecule has 1 aliphatic heterocycles. The minimum atomic E-state index is -0.529. The largest absolute Gasteiger partial charge is 0.493 e. The van der Waals surface area contributed by atoms with Crippen LogP contribution in [0.5, 0.6) is 11.5 Å². The van der Waals surface area contributed by atoms with Crippen LogP contribution in [0.3, 0.4) is 0 Å². The molecule has 1 aliphatic rings. The fourth-order valence-electron chi connectivity index (χ4n) is 4.08. The Morgan fingerprint density at radius 1 is 1.04 bits per heavy atom. The van der Waals surface area contributed by atoms with Crippen molar-refractivity contribution in [2.45, 2.75) is 31.6 Å². The molecule has 2 aromatic rings. The molecular weight excluding hydrogens is 352 g/mol. The molecule has 0 aromatic heterocycles. The third kappa shape index (κ3) is 4.14. The average Bonchev–Trinajstić information content (AvgIpc) is 2.97. The van der Waals surface area contributed by atoms with E-state index in [4.69, 9.17) is 9.47 Å². The first kappa shape index (κ1) is 20.2. The van der Waals surface area contributed by atoms with Crippen molar-refractivity contribution in [2.24, 2.45) is 0 Å². The number of anilines is 1. The Labute approximate surface area is 167 Å². The van der Waals surface area contributed by atoms with Gasteiger partial charge in [0.05, 0.1) is 19.6 Å². The molecule has 1 saturated heterocycles. The summed E-state index contributed by atoms with van der Waals surface area (Å²) in [7, 11) is 3.20. The van der Waals surface area contributed by atoms with Crippen LogP contribution in [0.4, 0.5) is 5.69 Å². The number of rotatable bonds is 6. The highest BCUT2D eigenvalue weighted by Gasteiger charge is 2.41. The number of hydrogen-bond acceptors (Lipinski definition) is 4. The lowest BCUT2D eigenvalue weighted by molar-refractivity contribution is -0.122. The Kier molecular flexibility index (Phi) is 6.57. The van der Waals surface area contributed by atoms with Crippen LogP contribution in [-0.2, 0) is 10.2 Å². The predicted octanol–water partition coefficient (Wildman–Crippen LogP) is 4.09. The highest BCUT2D eigenvalue weighted by molar-refractivity contribution is 5.99. The Balaban J connectivity index is 1.91. The van der Waals surface area contributed by atoms with Gasteiger partial charge in [0.15, 0.2) is 11.5 Å². The number of benzene rings is 2. The van der Waals surface area contributed by atoms with Crippen LogP contribution in [0, 0.1) is 0 Å². The fraction of sp³-hybridized carbons (Fsp3) is 0.435. The lowest BCUT2D eigenvalue weighted by Gasteiger charge is -2.32. The zero-order valence-electron chi connectivity index (χ0n) is 17.0. The van der Waals surface area contributed by atoms with Crippen molar-refractivity contribution < 1.29 is 14.3 Å². The molecular formula is C23H30N2O3. The maximum absolute atomic E-state index is 13.6. The summed E-state index contributed by atoms with van der Waals surface area (Å²) in [5.74, 6) is 1.29. The van der Waals surface area contributed by atoms with Gasteiger partial charge in [-0.2, -0.15) is 0 Å². The Morgan fingerprint density at radius 3 is 2.46 bits per heavy atom. The normalized spacial score (nSPS) is 20.2. The highest BCUT2D eigenvalue weighted by Crippen LogP contribution is 2.38. The van der Waals surface area contributed by atoms with Crippen molar-refractivity contribution in [3.8, 4) is 11.5 Å². The van der Waals surface area contributed by atoms with Gasteiger partial charge in [0, 0.05) is 11.8 Å². The number of ether oxygens (including phenoxy) is 2. The van der Waals surface area contributed by atoms with E-state index in [-0.39, 0.29) is 5.91 Å². The predicted molar refractivity (Wildman–Crippen MR) is 112 cm³/mol. The number of nitrogens with zero attached hydrogens (tertiary/aromatic N) is 1. The molecule has 2 aromatic carbocycles. The van der Waals surface area contributed by atoms with E-state index >= 15 is 0 Å². The molecule has 1 fully saturated rings. The van der Waals surface area contributed by atoms with Crippen molar-refractivity contribution in [3.05, 3.63) is 54.1 Å². The number of carbonyl (C=O) groups excluding carboxylic acids is 1. The summed E-state index contributed by atoms with van der Waals surface area (Å²) in [5, 5.41) is 3.14. The summed E-state index contributed by atoms with van der Waals surface area (Å²) in [6.45, 7) is 5.15. The molecule has 28 heavy (non-hydrogen) atoms. The number of methoxy groups -OCH3 is 2. The monoisotopic (exact) mass is 382 g/mol. The molecule has 0 aliphatic carbocycles. The summed E-state index contributed by atoms with van der Waals surface area (Å²) in [5.41, 5.74) is 1.28. The molecule has 1 amide bonds. The van der Waals surface area contributed by atoms with Crippen LogP contribution in [0.15, 0.2) is 48.5 Å². The lowest BCUT2D eigenvalue weighted by atomic mass is 9.73. The van der Waals surface area contributed by atoms with Gasteiger partial charge in [-0.15, -0.1) is 0 Å². The molecule has 1 atom stereocenters. The van der Waals surface area contributed by atoms with Gasteiger partial charge in [-0.25, -0.2) is 0 Å². The van der Waals surface area contributed by atoms with Crippen LogP contribution >= 0.6 is 0 Å². The molecule has 3 rings (SSSR count). The van der Waals surface area contributed by atoms with Crippen molar-refractivity contribution in [1.82, 2.24) is 4.90 Å². The maximum Gasteiger partial charge on any atom is 0.235 e. The molecule has 1 N–H and O–H groups in total. The molecule has 5 nitrogen and oxygen atoms in total. The van der Waals surface area contributed by atoms with Gasteiger partial charge in [0.1, 0.15) is 0 Å². The van der Waals surface area contributed by atoms with E-state index in [0.717, 1.165) is 50.1 Å². The Hall–Kier alpha value is -2.53. The first-order chi connectivity index (χ1) is 13.6. The second-order valence-electron chi connectivity index (χ2n) is 7.26. The molecule has 1 heterocycles. The SMILES string of the molecule is CCN1CCCC(C(=O)Nc2ccc(OC)c(OC)c2)(c2ccccc2)CC1. The zero-order chi connectivity index (χ0) is 20.0. The van der Waals surface area contributed by atoms with Gasteiger partial charge in [0.25, 0.3) is 0 Å². The number of amides is 1. The van der Waals surface area contributed by atoms with E-state index in [1.54, 1.807) is 14.2 Å². The van der Waals surface area contributed by atoms with Gasteiger partial charge in [-0.3, -0.25) is 4.79 Å². The van der Waals surface area contributed by atoms with Crippen LogP contribution in [-0.4, -0.2) is 44.7 Å².